The maximum absolute atomic E-state index is 12.2. The second-order valence-corrected chi connectivity index (χ2v) is 5.65. The van der Waals surface area contributed by atoms with E-state index in [2.05, 4.69) is 5.10 Å². The van der Waals surface area contributed by atoms with Crippen molar-refractivity contribution in [2.75, 3.05) is 5.01 Å². The molecule has 3 rings (SSSR count). The highest BCUT2D eigenvalue weighted by molar-refractivity contribution is 6.37. The zero-order valence-corrected chi connectivity index (χ0v) is 13.4. The Labute approximate surface area is 140 Å². The van der Waals surface area contributed by atoms with Gasteiger partial charge in [-0.1, -0.05) is 48.0 Å². The van der Waals surface area contributed by atoms with Gasteiger partial charge in [-0.2, -0.15) is 5.10 Å². The van der Waals surface area contributed by atoms with Crippen LogP contribution in [0.5, 0.6) is 0 Å². The number of hydrazone groups is 1. The van der Waals surface area contributed by atoms with E-state index in [4.69, 9.17) is 4.74 Å². The van der Waals surface area contributed by atoms with Crippen molar-refractivity contribution < 1.29 is 14.3 Å². The molecule has 2 aromatic rings. The van der Waals surface area contributed by atoms with Gasteiger partial charge in [0.1, 0.15) is 12.3 Å². The average Bonchev–Trinajstić information content (AvgIpc) is 2.61. The Kier molecular flexibility index (Phi) is 4.70. The number of hydrogen-bond acceptors (Lipinski definition) is 4. The van der Waals surface area contributed by atoms with E-state index in [1.807, 2.05) is 49.4 Å². The molecule has 0 fully saturated rings. The highest BCUT2D eigenvalue weighted by Crippen LogP contribution is 2.20. The number of para-hydroxylation sites is 1. The summed E-state index contributed by atoms with van der Waals surface area (Å²) < 4.78 is 5.33. The van der Waals surface area contributed by atoms with Crippen molar-refractivity contribution in [1.82, 2.24) is 0 Å². The van der Waals surface area contributed by atoms with Crippen molar-refractivity contribution in [2.45, 2.75) is 26.4 Å². The number of nitrogens with zero attached hydrogens (tertiary/aromatic N) is 2. The maximum Gasteiger partial charge on any atom is 0.354 e. The van der Waals surface area contributed by atoms with E-state index in [-0.39, 0.29) is 24.6 Å². The summed E-state index contributed by atoms with van der Waals surface area (Å²) in [4.78, 5) is 24.3. The van der Waals surface area contributed by atoms with Crippen molar-refractivity contribution in [3.05, 3.63) is 65.7 Å². The molecule has 0 atom stereocenters. The van der Waals surface area contributed by atoms with Crippen molar-refractivity contribution in [3.8, 4) is 0 Å². The van der Waals surface area contributed by atoms with Crippen LogP contribution < -0.4 is 5.01 Å². The van der Waals surface area contributed by atoms with E-state index >= 15 is 0 Å². The molecule has 0 radical (unpaired) electrons. The summed E-state index contributed by atoms with van der Waals surface area (Å²) in [7, 11) is 0. The van der Waals surface area contributed by atoms with Crippen LogP contribution in [0.25, 0.3) is 0 Å². The number of esters is 1. The first kappa shape index (κ1) is 15.9. The molecule has 0 unspecified atom stereocenters. The topological polar surface area (TPSA) is 59.0 Å². The number of hydrogen-bond donors (Lipinski definition) is 0. The molecule has 1 heterocycles. The van der Waals surface area contributed by atoms with Gasteiger partial charge in [0, 0.05) is 12.8 Å². The number of anilines is 1. The number of benzene rings is 2. The minimum atomic E-state index is -0.482. The number of carbonyl (C=O) groups is 2. The number of aryl methyl sites for hydroxylation is 1. The molecule has 0 spiro atoms. The summed E-state index contributed by atoms with van der Waals surface area (Å²) in [5, 5.41) is 5.46. The van der Waals surface area contributed by atoms with Crippen LogP contribution in [0.2, 0.25) is 0 Å². The summed E-state index contributed by atoms with van der Waals surface area (Å²) in [6, 6.07) is 16.8. The number of ether oxygens (including phenoxy) is 1. The highest BCUT2D eigenvalue weighted by Gasteiger charge is 2.26. The van der Waals surface area contributed by atoms with Crippen molar-refractivity contribution in [3.63, 3.8) is 0 Å². The zero-order chi connectivity index (χ0) is 16.9. The third-order valence-electron chi connectivity index (χ3n) is 3.72. The molecule has 1 aliphatic heterocycles. The van der Waals surface area contributed by atoms with Crippen LogP contribution in [0.3, 0.4) is 0 Å². The van der Waals surface area contributed by atoms with E-state index < -0.39 is 5.97 Å². The van der Waals surface area contributed by atoms with Crippen LogP contribution in [-0.4, -0.2) is 17.6 Å². The number of carbonyl (C=O) groups excluding carboxylic acids is 2. The molecule has 0 N–H and O–H groups in total. The van der Waals surface area contributed by atoms with E-state index in [9.17, 15) is 9.59 Å². The standard InChI is InChI=1S/C19H18N2O3/c1-14-6-5-7-15(12-14)13-24-19(23)17-10-11-18(22)21(20-17)16-8-3-2-4-9-16/h2-9,12H,10-11,13H2,1H3. The fraction of sp³-hybridized carbons (Fsp3) is 0.211. The van der Waals surface area contributed by atoms with Gasteiger partial charge in [-0.25, -0.2) is 9.80 Å². The molecule has 0 aliphatic carbocycles. The smallest absolute Gasteiger partial charge is 0.354 e. The molecule has 24 heavy (non-hydrogen) atoms. The monoisotopic (exact) mass is 322 g/mol. The molecule has 0 bridgehead atoms. The van der Waals surface area contributed by atoms with E-state index in [0.29, 0.717) is 12.1 Å². The molecule has 122 valence electrons. The number of amides is 1. The summed E-state index contributed by atoms with van der Waals surface area (Å²) in [6.07, 6.45) is 0.544. The molecular weight excluding hydrogens is 304 g/mol. The molecule has 1 amide bonds. The van der Waals surface area contributed by atoms with Gasteiger partial charge >= 0.3 is 5.97 Å². The second-order valence-electron chi connectivity index (χ2n) is 5.65. The molecule has 0 aromatic heterocycles. The summed E-state index contributed by atoms with van der Waals surface area (Å²) in [6.45, 7) is 2.18. The first-order valence-electron chi connectivity index (χ1n) is 7.81. The first-order valence-corrected chi connectivity index (χ1v) is 7.81. The third kappa shape index (κ3) is 3.68. The van der Waals surface area contributed by atoms with Gasteiger partial charge < -0.3 is 4.74 Å². The van der Waals surface area contributed by atoms with Gasteiger partial charge in [0.15, 0.2) is 0 Å². The number of rotatable bonds is 4. The van der Waals surface area contributed by atoms with Gasteiger partial charge in [-0.15, -0.1) is 0 Å². The molecule has 0 saturated heterocycles. The summed E-state index contributed by atoms with van der Waals surface area (Å²) in [5.74, 6) is -0.610. The molecular formula is C19H18N2O3. The van der Waals surface area contributed by atoms with E-state index in [1.165, 1.54) is 5.01 Å². The van der Waals surface area contributed by atoms with Gasteiger partial charge in [0.25, 0.3) is 0 Å². The fourth-order valence-electron chi connectivity index (χ4n) is 2.51. The lowest BCUT2D eigenvalue weighted by molar-refractivity contribution is -0.137. The maximum atomic E-state index is 12.2. The van der Waals surface area contributed by atoms with Crippen LogP contribution in [-0.2, 0) is 20.9 Å². The normalized spacial score (nSPS) is 14.3. The van der Waals surface area contributed by atoms with Crippen LogP contribution >= 0.6 is 0 Å². The molecule has 5 heteroatoms. The van der Waals surface area contributed by atoms with E-state index in [1.54, 1.807) is 12.1 Å². The Morgan fingerprint density at radius 3 is 2.67 bits per heavy atom. The predicted molar refractivity (Wildman–Crippen MR) is 91.6 cm³/mol. The Morgan fingerprint density at radius 1 is 1.12 bits per heavy atom. The predicted octanol–water partition coefficient (Wildman–Crippen LogP) is 3.22. The van der Waals surface area contributed by atoms with Crippen LogP contribution in [0.15, 0.2) is 59.7 Å². The van der Waals surface area contributed by atoms with Crippen molar-refractivity contribution in [2.24, 2.45) is 5.10 Å². The van der Waals surface area contributed by atoms with Crippen molar-refractivity contribution >= 4 is 23.3 Å². The Bertz CT molecular complexity index is 784. The van der Waals surface area contributed by atoms with Gasteiger partial charge in [-0.05, 0) is 24.6 Å². The van der Waals surface area contributed by atoms with Crippen LogP contribution in [0.1, 0.15) is 24.0 Å². The third-order valence-corrected chi connectivity index (χ3v) is 3.72. The lowest BCUT2D eigenvalue weighted by Gasteiger charge is -2.22. The minimum Gasteiger partial charge on any atom is -0.456 e. The second kappa shape index (κ2) is 7.08. The molecule has 5 nitrogen and oxygen atoms in total. The summed E-state index contributed by atoms with van der Waals surface area (Å²) in [5.41, 5.74) is 2.95. The Morgan fingerprint density at radius 2 is 1.92 bits per heavy atom. The largest absolute Gasteiger partial charge is 0.456 e. The van der Waals surface area contributed by atoms with Crippen LogP contribution in [0.4, 0.5) is 5.69 Å². The average molecular weight is 322 g/mol. The Balaban J connectivity index is 1.71. The molecule has 1 aliphatic rings. The van der Waals surface area contributed by atoms with Crippen molar-refractivity contribution in [1.29, 1.82) is 0 Å². The van der Waals surface area contributed by atoms with Gasteiger partial charge in [0.2, 0.25) is 5.91 Å². The zero-order valence-electron chi connectivity index (χ0n) is 13.4. The fourth-order valence-corrected chi connectivity index (χ4v) is 2.51. The molecule has 0 saturated carbocycles. The quantitative estimate of drug-likeness (QED) is 0.812. The van der Waals surface area contributed by atoms with Crippen LogP contribution in [0, 0.1) is 6.92 Å². The van der Waals surface area contributed by atoms with Gasteiger partial charge in [0.05, 0.1) is 5.69 Å². The SMILES string of the molecule is Cc1cccc(COC(=O)C2=NN(c3ccccc3)C(=O)CC2)c1. The lowest BCUT2D eigenvalue weighted by Crippen LogP contribution is -2.34. The summed E-state index contributed by atoms with van der Waals surface area (Å²) >= 11 is 0. The van der Waals surface area contributed by atoms with E-state index in [0.717, 1.165) is 11.1 Å². The highest BCUT2D eigenvalue weighted by atomic mass is 16.5. The van der Waals surface area contributed by atoms with Gasteiger partial charge in [-0.3, -0.25) is 4.79 Å². The molecule has 2 aromatic carbocycles. The lowest BCUT2D eigenvalue weighted by atomic mass is 10.1. The first-order chi connectivity index (χ1) is 11.6. The Hall–Kier alpha value is -2.95. The minimum absolute atomic E-state index is 0.128.